The standard InChI is InChI=1S/C19H22FNO3/c1-4-18(24-16-10-8-14(20)9-11-16)19(22)21-15-6-5-7-17(12-15)23-13(2)3/h5-13,18H,4H2,1-3H3,(H,21,22). The lowest BCUT2D eigenvalue weighted by Gasteiger charge is -2.18. The summed E-state index contributed by atoms with van der Waals surface area (Å²) >= 11 is 0. The molecular weight excluding hydrogens is 309 g/mol. The van der Waals surface area contributed by atoms with Gasteiger partial charge in [0, 0.05) is 11.8 Å². The van der Waals surface area contributed by atoms with Crippen molar-refractivity contribution >= 4 is 11.6 Å². The van der Waals surface area contributed by atoms with E-state index >= 15 is 0 Å². The number of carbonyl (C=O) groups excluding carboxylic acids is 1. The molecule has 1 N–H and O–H groups in total. The van der Waals surface area contributed by atoms with Crippen molar-refractivity contribution in [3.63, 3.8) is 0 Å². The van der Waals surface area contributed by atoms with E-state index in [9.17, 15) is 9.18 Å². The molecule has 2 aromatic rings. The first-order chi connectivity index (χ1) is 11.5. The predicted molar refractivity (Wildman–Crippen MR) is 91.9 cm³/mol. The first-order valence-corrected chi connectivity index (χ1v) is 7.97. The fourth-order valence-corrected chi connectivity index (χ4v) is 2.14. The molecule has 2 rings (SSSR count). The summed E-state index contributed by atoms with van der Waals surface area (Å²) in [6.07, 6.45) is -0.114. The smallest absolute Gasteiger partial charge is 0.265 e. The third-order valence-corrected chi connectivity index (χ3v) is 3.23. The van der Waals surface area contributed by atoms with Gasteiger partial charge in [0.2, 0.25) is 0 Å². The van der Waals surface area contributed by atoms with Crippen LogP contribution in [0.4, 0.5) is 10.1 Å². The third-order valence-electron chi connectivity index (χ3n) is 3.23. The lowest BCUT2D eigenvalue weighted by atomic mass is 10.2. The van der Waals surface area contributed by atoms with Crippen LogP contribution in [0.2, 0.25) is 0 Å². The zero-order chi connectivity index (χ0) is 17.5. The minimum absolute atomic E-state index is 0.0566. The summed E-state index contributed by atoms with van der Waals surface area (Å²) in [7, 11) is 0. The van der Waals surface area contributed by atoms with Gasteiger partial charge in [-0.25, -0.2) is 4.39 Å². The average molecular weight is 331 g/mol. The Bertz CT molecular complexity index is 671. The van der Waals surface area contributed by atoms with Crippen LogP contribution in [0.5, 0.6) is 11.5 Å². The number of halogens is 1. The van der Waals surface area contributed by atoms with E-state index < -0.39 is 6.10 Å². The van der Waals surface area contributed by atoms with Crippen molar-refractivity contribution in [1.82, 2.24) is 0 Å². The molecule has 128 valence electrons. The maximum atomic E-state index is 12.9. The fraction of sp³-hybridized carbons (Fsp3) is 0.316. The predicted octanol–water partition coefficient (Wildman–Crippen LogP) is 4.41. The maximum absolute atomic E-state index is 12.9. The minimum Gasteiger partial charge on any atom is -0.491 e. The van der Waals surface area contributed by atoms with Gasteiger partial charge in [-0.1, -0.05) is 13.0 Å². The first-order valence-electron chi connectivity index (χ1n) is 7.97. The van der Waals surface area contributed by atoms with E-state index in [0.717, 1.165) is 0 Å². The molecule has 1 unspecified atom stereocenters. The average Bonchev–Trinajstić information content (AvgIpc) is 2.54. The van der Waals surface area contributed by atoms with Gasteiger partial charge in [-0.2, -0.15) is 0 Å². The number of hydrogen-bond donors (Lipinski definition) is 1. The second-order valence-corrected chi connectivity index (χ2v) is 5.65. The molecule has 2 aromatic carbocycles. The summed E-state index contributed by atoms with van der Waals surface area (Å²) in [5.74, 6) is 0.538. The number of carbonyl (C=O) groups is 1. The van der Waals surface area contributed by atoms with E-state index in [1.165, 1.54) is 24.3 Å². The molecule has 24 heavy (non-hydrogen) atoms. The number of ether oxygens (including phenoxy) is 2. The van der Waals surface area contributed by atoms with Gasteiger partial charge in [0.15, 0.2) is 6.10 Å². The quantitative estimate of drug-likeness (QED) is 0.817. The van der Waals surface area contributed by atoms with Crippen molar-refractivity contribution in [3.05, 3.63) is 54.3 Å². The molecule has 0 aliphatic heterocycles. The van der Waals surface area contributed by atoms with E-state index in [1.54, 1.807) is 12.1 Å². The summed E-state index contributed by atoms with van der Waals surface area (Å²) in [6.45, 7) is 5.73. The Balaban J connectivity index is 2.02. The number of benzene rings is 2. The van der Waals surface area contributed by atoms with Gasteiger partial charge < -0.3 is 14.8 Å². The van der Waals surface area contributed by atoms with Crippen molar-refractivity contribution in [2.24, 2.45) is 0 Å². The highest BCUT2D eigenvalue weighted by Crippen LogP contribution is 2.20. The molecule has 0 aromatic heterocycles. The molecule has 5 heteroatoms. The Morgan fingerprint density at radius 1 is 1.08 bits per heavy atom. The van der Waals surface area contributed by atoms with Crippen LogP contribution in [-0.2, 0) is 4.79 Å². The highest BCUT2D eigenvalue weighted by molar-refractivity contribution is 5.94. The Kier molecular flexibility index (Phi) is 6.18. The van der Waals surface area contributed by atoms with Gasteiger partial charge in [-0.15, -0.1) is 0 Å². The van der Waals surface area contributed by atoms with Crippen molar-refractivity contribution in [1.29, 1.82) is 0 Å². The lowest BCUT2D eigenvalue weighted by Crippen LogP contribution is -2.32. The molecule has 0 saturated heterocycles. The second-order valence-electron chi connectivity index (χ2n) is 5.65. The van der Waals surface area contributed by atoms with Crippen LogP contribution < -0.4 is 14.8 Å². The lowest BCUT2D eigenvalue weighted by molar-refractivity contribution is -0.122. The zero-order valence-corrected chi connectivity index (χ0v) is 14.1. The number of anilines is 1. The molecule has 0 aliphatic rings. The maximum Gasteiger partial charge on any atom is 0.265 e. The molecule has 1 amide bonds. The van der Waals surface area contributed by atoms with Crippen molar-refractivity contribution in [2.45, 2.75) is 39.4 Å². The summed E-state index contributed by atoms with van der Waals surface area (Å²) in [4.78, 5) is 12.4. The van der Waals surface area contributed by atoms with E-state index in [2.05, 4.69) is 5.32 Å². The SMILES string of the molecule is CCC(Oc1ccc(F)cc1)C(=O)Nc1cccc(OC(C)C)c1. The largest absolute Gasteiger partial charge is 0.491 e. The number of hydrogen-bond acceptors (Lipinski definition) is 3. The van der Waals surface area contributed by atoms with Gasteiger partial charge in [0.05, 0.1) is 6.10 Å². The highest BCUT2D eigenvalue weighted by Gasteiger charge is 2.18. The van der Waals surface area contributed by atoms with Crippen molar-refractivity contribution < 1.29 is 18.7 Å². The van der Waals surface area contributed by atoms with E-state index in [-0.39, 0.29) is 17.8 Å². The van der Waals surface area contributed by atoms with E-state index in [0.29, 0.717) is 23.6 Å². The van der Waals surface area contributed by atoms with Gasteiger partial charge in [-0.05, 0) is 56.7 Å². The summed E-state index contributed by atoms with van der Waals surface area (Å²) in [5, 5.41) is 2.82. The van der Waals surface area contributed by atoms with Gasteiger partial charge in [0.1, 0.15) is 17.3 Å². The second kappa shape index (κ2) is 8.34. The van der Waals surface area contributed by atoms with Gasteiger partial charge in [-0.3, -0.25) is 4.79 Å². The van der Waals surface area contributed by atoms with Crippen LogP contribution in [0.3, 0.4) is 0 Å². The molecule has 0 radical (unpaired) electrons. The topological polar surface area (TPSA) is 47.6 Å². The molecule has 0 fully saturated rings. The van der Waals surface area contributed by atoms with E-state index in [4.69, 9.17) is 9.47 Å². The van der Waals surface area contributed by atoms with Crippen LogP contribution in [-0.4, -0.2) is 18.1 Å². The minimum atomic E-state index is -0.662. The molecule has 0 spiro atoms. The Hall–Kier alpha value is -2.56. The zero-order valence-electron chi connectivity index (χ0n) is 14.1. The van der Waals surface area contributed by atoms with Crippen molar-refractivity contribution in [2.75, 3.05) is 5.32 Å². The molecular formula is C19H22FNO3. The monoisotopic (exact) mass is 331 g/mol. The molecule has 1 atom stereocenters. The fourth-order valence-electron chi connectivity index (χ4n) is 2.14. The molecule has 0 saturated carbocycles. The molecule has 0 bridgehead atoms. The summed E-state index contributed by atoms with van der Waals surface area (Å²) < 4.78 is 24.2. The Labute approximate surface area is 141 Å². The number of amides is 1. The Morgan fingerprint density at radius 2 is 1.79 bits per heavy atom. The van der Waals surface area contributed by atoms with Crippen LogP contribution in [0, 0.1) is 5.82 Å². The van der Waals surface area contributed by atoms with Crippen LogP contribution >= 0.6 is 0 Å². The molecule has 0 heterocycles. The van der Waals surface area contributed by atoms with Crippen molar-refractivity contribution in [3.8, 4) is 11.5 Å². The Morgan fingerprint density at radius 3 is 2.42 bits per heavy atom. The first kappa shape index (κ1) is 17.8. The van der Waals surface area contributed by atoms with Crippen LogP contribution in [0.15, 0.2) is 48.5 Å². The summed E-state index contributed by atoms with van der Waals surface area (Å²) in [6, 6.07) is 12.8. The highest BCUT2D eigenvalue weighted by atomic mass is 19.1. The third kappa shape index (κ3) is 5.26. The number of rotatable bonds is 7. The molecule has 0 aliphatic carbocycles. The van der Waals surface area contributed by atoms with Gasteiger partial charge >= 0.3 is 0 Å². The molecule has 4 nitrogen and oxygen atoms in total. The van der Waals surface area contributed by atoms with Crippen LogP contribution in [0.25, 0.3) is 0 Å². The van der Waals surface area contributed by atoms with E-state index in [1.807, 2.05) is 32.9 Å². The summed E-state index contributed by atoms with van der Waals surface area (Å²) in [5.41, 5.74) is 0.638. The normalized spacial score (nSPS) is 11.9. The number of nitrogens with one attached hydrogen (secondary N) is 1. The van der Waals surface area contributed by atoms with Crippen LogP contribution in [0.1, 0.15) is 27.2 Å². The van der Waals surface area contributed by atoms with Gasteiger partial charge in [0.25, 0.3) is 5.91 Å².